The molecule has 0 fully saturated rings. The molecule has 19 heavy (non-hydrogen) atoms. The van der Waals surface area contributed by atoms with E-state index in [-0.39, 0.29) is 5.91 Å². The molecule has 0 unspecified atom stereocenters. The van der Waals surface area contributed by atoms with Crippen LogP contribution in [0, 0.1) is 5.95 Å². The van der Waals surface area contributed by atoms with Crippen LogP contribution in [0.15, 0.2) is 42.6 Å². The largest absolute Gasteiger partial charge is 0.348 e. The van der Waals surface area contributed by atoms with E-state index >= 15 is 0 Å². The molecule has 0 bridgehead atoms. The van der Waals surface area contributed by atoms with Crippen LogP contribution in [0.3, 0.4) is 0 Å². The highest BCUT2D eigenvalue weighted by atomic mass is 19.1. The Morgan fingerprint density at radius 2 is 1.95 bits per heavy atom. The molecule has 0 aliphatic heterocycles. The van der Waals surface area contributed by atoms with Gasteiger partial charge in [0.2, 0.25) is 5.95 Å². The van der Waals surface area contributed by atoms with E-state index < -0.39 is 5.95 Å². The fourth-order valence-electron chi connectivity index (χ4n) is 1.86. The van der Waals surface area contributed by atoms with Gasteiger partial charge in [-0.25, -0.2) is 4.98 Å². The molecule has 0 atom stereocenters. The molecule has 3 nitrogen and oxygen atoms in total. The molecule has 0 saturated heterocycles. The van der Waals surface area contributed by atoms with Gasteiger partial charge in [-0.3, -0.25) is 4.79 Å². The van der Waals surface area contributed by atoms with E-state index in [9.17, 15) is 9.18 Å². The van der Waals surface area contributed by atoms with Gasteiger partial charge in [-0.2, -0.15) is 4.39 Å². The monoisotopic (exact) mass is 258 g/mol. The number of aromatic nitrogens is 1. The zero-order valence-electron chi connectivity index (χ0n) is 10.7. The van der Waals surface area contributed by atoms with E-state index in [1.54, 1.807) is 0 Å². The minimum atomic E-state index is -0.590. The second-order valence-electron chi connectivity index (χ2n) is 4.17. The third kappa shape index (κ3) is 3.37. The number of hydrogen-bond donors (Lipinski definition) is 1. The molecular formula is C15H15FN2O. The van der Waals surface area contributed by atoms with Crippen LogP contribution < -0.4 is 5.32 Å². The maximum atomic E-state index is 12.7. The number of amides is 1. The van der Waals surface area contributed by atoms with Gasteiger partial charge in [-0.15, -0.1) is 0 Å². The molecule has 1 aromatic heterocycles. The zero-order valence-corrected chi connectivity index (χ0v) is 10.7. The van der Waals surface area contributed by atoms with Crippen molar-refractivity contribution in [3.8, 4) is 0 Å². The van der Waals surface area contributed by atoms with Gasteiger partial charge < -0.3 is 5.32 Å². The van der Waals surface area contributed by atoms with Crippen molar-refractivity contribution < 1.29 is 9.18 Å². The van der Waals surface area contributed by atoms with Gasteiger partial charge in [0.15, 0.2) is 0 Å². The van der Waals surface area contributed by atoms with Crippen LogP contribution in [-0.2, 0) is 13.0 Å². The number of rotatable bonds is 4. The second kappa shape index (κ2) is 6.09. The standard InChI is InChI=1S/C15H15FN2O/c1-2-11-5-3-4-6-12(11)9-18-15(19)13-7-8-14(16)17-10-13/h3-8,10H,2,9H2,1H3,(H,18,19). The highest BCUT2D eigenvalue weighted by Gasteiger charge is 2.07. The van der Waals surface area contributed by atoms with Gasteiger partial charge in [-0.1, -0.05) is 31.2 Å². The van der Waals surface area contributed by atoms with Crippen LogP contribution in [0.1, 0.15) is 28.4 Å². The Hall–Kier alpha value is -2.23. The molecule has 0 radical (unpaired) electrons. The number of benzene rings is 1. The Kier molecular flexibility index (Phi) is 4.23. The van der Waals surface area contributed by atoms with E-state index in [2.05, 4.69) is 17.2 Å². The van der Waals surface area contributed by atoms with Crippen LogP contribution in [0.25, 0.3) is 0 Å². The molecule has 0 saturated carbocycles. The fraction of sp³-hybridized carbons (Fsp3) is 0.200. The number of pyridine rings is 1. The summed E-state index contributed by atoms with van der Waals surface area (Å²) in [5.74, 6) is -0.841. The van der Waals surface area contributed by atoms with E-state index in [0.29, 0.717) is 12.1 Å². The summed E-state index contributed by atoms with van der Waals surface area (Å²) in [4.78, 5) is 15.3. The Morgan fingerprint density at radius 1 is 1.21 bits per heavy atom. The van der Waals surface area contributed by atoms with E-state index in [4.69, 9.17) is 0 Å². The number of nitrogens with zero attached hydrogens (tertiary/aromatic N) is 1. The fourth-order valence-corrected chi connectivity index (χ4v) is 1.86. The minimum Gasteiger partial charge on any atom is -0.348 e. The highest BCUT2D eigenvalue weighted by Crippen LogP contribution is 2.09. The number of carbonyl (C=O) groups is 1. The predicted octanol–water partition coefficient (Wildman–Crippen LogP) is 2.71. The first-order chi connectivity index (χ1) is 9.20. The molecule has 1 amide bonds. The first kappa shape index (κ1) is 13.2. The lowest BCUT2D eigenvalue weighted by molar-refractivity contribution is 0.0950. The van der Waals surface area contributed by atoms with E-state index in [1.165, 1.54) is 23.9 Å². The molecule has 1 aromatic carbocycles. The molecule has 0 aliphatic carbocycles. The van der Waals surface area contributed by atoms with Crippen molar-refractivity contribution in [3.63, 3.8) is 0 Å². The van der Waals surface area contributed by atoms with Crippen molar-refractivity contribution >= 4 is 5.91 Å². The van der Waals surface area contributed by atoms with E-state index in [0.717, 1.165) is 12.0 Å². The lowest BCUT2D eigenvalue weighted by atomic mass is 10.1. The number of halogens is 1. The lowest BCUT2D eigenvalue weighted by Crippen LogP contribution is -2.23. The number of nitrogens with one attached hydrogen (secondary N) is 1. The molecular weight excluding hydrogens is 243 g/mol. The van der Waals surface area contributed by atoms with Crippen LogP contribution in [-0.4, -0.2) is 10.9 Å². The average Bonchev–Trinajstić information content (AvgIpc) is 2.45. The van der Waals surface area contributed by atoms with Gasteiger partial charge in [0, 0.05) is 12.7 Å². The molecule has 4 heteroatoms. The van der Waals surface area contributed by atoms with Gasteiger partial charge >= 0.3 is 0 Å². The van der Waals surface area contributed by atoms with E-state index in [1.807, 2.05) is 24.3 Å². The van der Waals surface area contributed by atoms with Crippen molar-refractivity contribution in [2.75, 3.05) is 0 Å². The normalized spacial score (nSPS) is 10.2. The Morgan fingerprint density at radius 3 is 2.58 bits per heavy atom. The van der Waals surface area contributed by atoms with Crippen molar-refractivity contribution in [1.29, 1.82) is 0 Å². The van der Waals surface area contributed by atoms with Gasteiger partial charge in [0.05, 0.1) is 5.56 Å². The summed E-state index contributed by atoms with van der Waals surface area (Å²) in [5, 5.41) is 2.81. The van der Waals surface area contributed by atoms with Crippen LogP contribution in [0.4, 0.5) is 4.39 Å². The summed E-state index contributed by atoms with van der Waals surface area (Å²) in [7, 11) is 0. The number of aryl methyl sites for hydroxylation is 1. The quantitative estimate of drug-likeness (QED) is 0.857. The maximum Gasteiger partial charge on any atom is 0.253 e. The summed E-state index contributed by atoms with van der Waals surface area (Å²) >= 11 is 0. The van der Waals surface area contributed by atoms with Crippen molar-refractivity contribution in [2.24, 2.45) is 0 Å². The Bertz CT molecular complexity index is 567. The Labute approximate surface area is 111 Å². The minimum absolute atomic E-state index is 0.251. The molecule has 2 rings (SSSR count). The van der Waals surface area contributed by atoms with Gasteiger partial charge in [0.25, 0.3) is 5.91 Å². The van der Waals surface area contributed by atoms with Crippen molar-refractivity contribution in [1.82, 2.24) is 10.3 Å². The SMILES string of the molecule is CCc1ccccc1CNC(=O)c1ccc(F)nc1. The number of hydrogen-bond acceptors (Lipinski definition) is 2. The topological polar surface area (TPSA) is 42.0 Å². The molecule has 0 aliphatic rings. The molecule has 1 heterocycles. The smallest absolute Gasteiger partial charge is 0.253 e. The van der Waals surface area contributed by atoms with Crippen molar-refractivity contribution in [3.05, 3.63) is 65.2 Å². The third-order valence-corrected chi connectivity index (χ3v) is 2.93. The summed E-state index contributed by atoms with van der Waals surface area (Å²) in [6.07, 6.45) is 2.15. The van der Waals surface area contributed by atoms with Crippen LogP contribution >= 0.6 is 0 Å². The first-order valence-corrected chi connectivity index (χ1v) is 6.17. The summed E-state index contributed by atoms with van der Waals surface area (Å²) in [6, 6.07) is 10.6. The summed E-state index contributed by atoms with van der Waals surface area (Å²) < 4.78 is 12.7. The van der Waals surface area contributed by atoms with Crippen LogP contribution in [0.2, 0.25) is 0 Å². The summed E-state index contributed by atoms with van der Waals surface area (Å²) in [6.45, 7) is 2.53. The molecule has 1 N–H and O–H groups in total. The molecule has 0 spiro atoms. The predicted molar refractivity (Wildman–Crippen MR) is 71.2 cm³/mol. The lowest BCUT2D eigenvalue weighted by Gasteiger charge is -2.09. The summed E-state index contributed by atoms with van der Waals surface area (Å²) in [5.41, 5.74) is 2.66. The second-order valence-corrected chi connectivity index (χ2v) is 4.17. The zero-order chi connectivity index (χ0) is 13.7. The number of carbonyl (C=O) groups excluding carboxylic acids is 1. The average molecular weight is 258 g/mol. The third-order valence-electron chi connectivity index (χ3n) is 2.93. The van der Waals surface area contributed by atoms with Crippen molar-refractivity contribution in [2.45, 2.75) is 19.9 Å². The Balaban J connectivity index is 2.02. The first-order valence-electron chi connectivity index (χ1n) is 6.17. The molecule has 98 valence electrons. The van der Waals surface area contributed by atoms with Gasteiger partial charge in [0.1, 0.15) is 0 Å². The maximum absolute atomic E-state index is 12.7. The highest BCUT2D eigenvalue weighted by molar-refractivity contribution is 5.93. The molecule has 2 aromatic rings. The van der Waals surface area contributed by atoms with Gasteiger partial charge in [-0.05, 0) is 29.7 Å². The van der Waals surface area contributed by atoms with Crippen LogP contribution in [0.5, 0.6) is 0 Å².